The molecule has 0 aliphatic heterocycles. The summed E-state index contributed by atoms with van der Waals surface area (Å²) < 4.78 is 5.41. The molecule has 0 aromatic carbocycles. The molecule has 0 unspecified atom stereocenters. The SMILES string of the molecule is CC1(C)CC(=O)C=C(OCCCO)C1. The second-order valence-corrected chi connectivity index (χ2v) is 4.52. The average Bonchev–Trinajstić information content (AvgIpc) is 2.00. The lowest BCUT2D eigenvalue weighted by atomic mass is 9.79. The van der Waals surface area contributed by atoms with Gasteiger partial charge in [-0.1, -0.05) is 13.8 Å². The Hall–Kier alpha value is -0.830. The molecule has 0 fully saturated rings. The van der Waals surface area contributed by atoms with Crippen LogP contribution in [0.3, 0.4) is 0 Å². The lowest BCUT2D eigenvalue weighted by molar-refractivity contribution is -0.117. The zero-order chi connectivity index (χ0) is 10.6. The summed E-state index contributed by atoms with van der Waals surface area (Å²) in [5.41, 5.74) is 0.0143. The summed E-state index contributed by atoms with van der Waals surface area (Å²) in [5.74, 6) is 0.903. The number of allylic oxidation sites excluding steroid dienone is 2. The Kier molecular flexibility index (Phi) is 3.69. The van der Waals surface area contributed by atoms with E-state index in [4.69, 9.17) is 9.84 Å². The Labute approximate surface area is 84.8 Å². The lowest BCUT2D eigenvalue weighted by Gasteiger charge is -2.28. The molecule has 1 rings (SSSR count). The van der Waals surface area contributed by atoms with E-state index in [-0.39, 0.29) is 17.8 Å². The molecular weight excluding hydrogens is 180 g/mol. The first kappa shape index (κ1) is 11.2. The number of ether oxygens (including phenoxy) is 1. The summed E-state index contributed by atoms with van der Waals surface area (Å²) in [4.78, 5) is 11.3. The van der Waals surface area contributed by atoms with Crippen molar-refractivity contribution in [3.8, 4) is 0 Å². The maximum Gasteiger partial charge on any atom is 0.159 e. The van der Waals surface area contributed by atoms with Crippen LogP contribution in [-0.4, -0.2) is 24.1 Å². The Morgan fingerprint density at radius 1 is 1.50 bits per heavy atom. The van der Waals surface area contributed by atoms with Gasteiger partial charge in [0.05, 0.1) is 6.61 Å². The van der Waals surface area contributed by atoms with E-state index in [9.17, 15) is 4.79 Å². The Morgan fingerprint density at radius 3 is 2.79 bits per heavy atom. The first-order chi connectivity index (χ1) is 6.53. The molecule has 1 N–H and O–H groups in total. The van der Waals surface area contributed by atoms with Gasteiger partial charge in [-0.3, -0.25) is 4.79 Å². The molecule has 14 heavy (non-hydrogen) atoms. The minimum absolute atomic E-state index is 0.0143. The maximum atomic E-state index is 11.3. The van der Waals surface area contributed by atoms with Crippen LogP contribution in [0.1, 0.15) is 33.1 Å². The summed E-state index contributed by atoms with van der Waals surface area (Å²) in [6.45, 7) is 4.75. The summed E-state index contributed by atoms with van der Waals surface area (Å²) in [7, 11) is 0. The zero-order valence-corrected chi connectivity index (χ0v) is 8.88. The van der Waals surface area contributed by atoms with Crippen LogP contribution in [0.4, 0.5) is 0 Å². The Bertz CT molecular complexity index is 241. The summed E-state index contributed by atoms with van der Waals surface area (Å²) in [5, 5.41) is 8.58. The van der Waals surface area contributed by atoms with Crippen molar-refractivity contribution in [2.24, 2.45) is 5.41 Å². The van der Waals surface area contributed by atoms with Crippen LogP contribution in [-0.2, 0) is 9.53 Å². The van der Waals surface area contributed by atoms with E-state index in [2.05, 4.69) is 13.8 Å². The number of aliphatic hydroxyl groups excluding tert-OH is 1. The van der Waals surface area contributed by atoms with Crippen LogP contribution in [0.25, 0.3) is 0 Å². The molecule has 3 nitrogen and oxygen atoms in total. The molecule has 0 bridgehead atoms. The van der Waals surface area contributed by atoms with Gasteiger partial charge in [-0.25, -0.2) is 0 Å². The fourth-order valence-corrected chi connectivity index (χ4v) is 1.65. The largest absolute Gasteiger partial charge is 0.498 e. The molecular formula is C11H18O3. The lowest BCUT2D eigenvalue weighted by Crippen LogP contribution is -2.22. The first-order valence-electron chi connectivity index (χ1n) is 5.00. The predicted molar refractivity (Wildman–Crippen MR) is 53.8 cm³/mol. The monoisotopic (exact) mass is 198 g/mol. The van der Waals surface area contributed by atoms with Crippen LogP contribution in [0.2, 0.25) is 0 Å². The highest BCUT2D eigenvalue weighted by atomic mass is 16.5. The van der Waals surface area contributed by atoms with Crippen LogP contribution < -0.4 is 0 Å². The van der Waals surface area contributed by atoms with E-state index < -0.39 is 0 Å². The quantitative estimate of drug-likeness (QED) is 0.699. The molecule has 0 saturated heterocycles. The molecule has 1 aliphatic rings. The van der Waals surface area contributed by atoms with Crippen LogP contribution >= 0.6 is 0 Å². The van der Waals surface area contributed by atoms with Crippen molar-refractivity contribution in [1.29, 1.82) is 0 Å². The highest BCUT2D eigenvalue weighted by Gasteiger charge is 2.28. The number of ketones is 1. The molecule has 80 valence electrons. The van der Waals surface area contributed by atoms with Gasteiger partial charge in [0.2, 0.25) is 0 Å². The molecule has 0 aromatic heterocycles. The fourth-order valence-electron chi connectivity index (χ4n) is 1.65. The predicted octanol–water partition coefficient (Wildman–Crippen LogP) is 1.66. The summed E-state index contributed by atoms with van der Waals surface area (Å²) >= 11 is 0. The maximum absolute atomic E-state index is 11.3. The number of carbonyl (C=O) groups is 1. The highest BCUT2D eigenvalue weighted by Crippen LogP contribution is 2.33. The second kappa shape index (κ2) is 4.60. The van der Waals surface area contributed by atoms with E-state index in [1.165, 1.54) is 0 Å². The zero-order valence-electron chi connectivity index (χ0n) is 8.88. The minimum atomic E-state index is 0.0143. The van der Waals surface area contributed by atoms with Crippen LogP contribution in [0.15, 0.2) is 11.8 Å². The van der Waals surface area contributed by atoms with Crippen molar-refractivity contribution in [1.82, 2.24) is 0 Å². The Balaban J connectivity index is 2.48. The number of aliphatic hydroxyl groups is 1. The molecule has 1 aliphatic carbocycles. The van der Waals surface area contributed by atoms with Crippen molar-refractivity contribution in [3.05, 3.63) is 11.8 Å². The van der Waals surface area contributed by atoms with Gasteiger partial charge in [0, 0.05) is 31.9 Å². The van der Waals surface area contributed by atoms with Crippen molar-refractivity contribution >= 4 is 5.78 Å². The van der Waals surface area contributed by atoms with Gasteiger partial charge >= 0.3 is 0 Å². The standard InChI is InChI=1S/C11H18O3/c1-11(2)7-9(13)6-10(8-11)14-5-3-4-12/h6,12H,3-5,7-8H2,1-2H3. The number of hydrogen-bond acceptors (Lipinski definition) is 3. The second-order valence-electron chi connectivity index (χ2n) is 4.52. The van der Waals surface area contributed by atoms with Crippen molar-refractivity contribution in [2.75, 3.05) is 13.2 Å². The minimum Gasteiger partial charge on any atom is -0.498 e. The molecule has 0 spiro atoms. The van der Waals surface area contributed by atoms with E-state index >= 15 is 0 Å². The normalized spacial score (nSPS) is 20.5. The number of rotatable bonds is 4. The molecule has 0 radical (unpaired) electrons. The molecule has 0 amide bonds. The van der Waals surface area contributed by atoms with Crippen LogP contribution in [0.5, 0.6) is 0 Å². The molecule has 0 aromatic rings. The fraction of sp³-hybridized carbons (Fsp3) is 0.727. The van der Waals surface area contributed by atoms with E-state index in [0.29, 0.717) is 19.4 Å². The third-order valence-corrected chi connectivity index (χ3v) is 2.22. The van der Waals surface area contributed by atoms with Crippen molar-refractivity contribution in [2.45, 2.75) is 33.1 Å². The molecule has 3 heteroatoms. The van der Waals surface area contributed by atoms with Gasteiger partial charge < -0.3 is 9.84 Å². The summed E-state index contributed by atoms with van der Waals surface area (Å²) in [6.07, 6.45) is 3.61. The van der Waals surface area contributed by atoms with Gasteiger partial charge in [0.15, 0.2) is 5.78 Å². The van der Waals surface area contributed by atoms with Crippen LogP contribution in [0, 0.1) is 5.41 Å². The highest BCUT2D eigenvalue weighted by molar-refractivity contribution is 5.91. The molecule has 0 atom stereocenters. The third kappa shape index (κ3) is 3.50. The van der Waals surface area contributed by atoms with E-state index in [1.54, 1.807) is 6.08 Å². The van der Waals surface area contributed by atoms with Gasteiger partial charge in [0.1, 0.15) is 5.76 Å². The Morgan fingerprint density at radius 2 is 2.21 bits per heavy atom. The average molecular weight is 198 g/mol. The smallest absolute Gasteiger partial charge is 0.159 e. The van der Waals surface area contributed by atoms with Crippen molar-refractivity contribution < 1.29 is 14.6 Å². The topological polar surface area (TPSA) is 46.5 Å². The number of carbonyl (C=O) groups excluding carboxylic acids is 1. The van der Waals surface area contributed by atoms with Gasteiger partial charge in [-0.2, -0.15) is 0 Å². The van der Waals surface area contributed by atoms with E-state index in [0.717, 1.165) is 12.2 Å². The molecule has 0 saturated carbocycles. The number of hydrogen-bond donors (Lipinski definition) is 1. The third-order valence-electron chi connectivity index (χ3n) is 2.22. The van der Waals surface area contributed by atoms with Gasteiger partial charge in [-0.05, 0) is 5.41 Å². The van der Waals surface area contributed by atoms with E-state index in [1.807, 2.05) is 0 Å². The summed E-state index contributed by atoms with van der Waals surface area (Å²) in [6, 6.07) is 0. The van der Waals surface area contributed by atoms with Gasteiger partial charge in [0.25, 0.3) is 0 Å². The van der Waals surface area contributed by atoms with Gasteiger partial charge in [-0.15, -0.1) is 0 Å². The first-order valence-corrected chi connectivity index (χ1v) is 5.00. The van der Waals surface area contributed by atoms with Crippen molar-refractivity contribution in [3.63, 3.8) is 0 Å². The molecule has 0 heterocycles.